The molecular weight excluding hydrogens is 364 g/mol. The third-order valence-corrected chi connectivity index (χ3v) is 4.86. The van der Waals surface area contributed by atoms with E-state index >= 15 is 0 Å². The van der Waals surface area contributed by atoms with Crippen LogP contribution in [0.15, 0.2) is 48.5 Å². The molecule has 6 nitrogen and oxygen atoms in total. The Balaban J connectivity index is 1.47. The number of anilines is 1. The van der Waals surface area contributed by atoms with E-state index in [4.69, 9.17) is 11.6 Å². The van der Waals surface area contributed by atoms with Crippen LogP contribution in [-0.2, 0) is 6.54 Å². The summed E-state index contributed by atoms with van der Waals surface area (Å²) in [7, 11) is 1.60. The standard InChI is InChI=1S/C20H23ClN4O2/c1-22-19(26)16-7-5-15(6-8-16)14-23-20(27)25-11-9-24(10-12-25)18-4-2-3-17(21)13-18/h2-8,13H,9-12,14H2,1H3,(H,22,26)(H,23,27). The van der Waals surface area contributed by atoms with E-state index in [-0.39, 0.29) is 11.9 Å². The number of urea groups is 1. The van der Waals surface area contributed by atoms with Gasteiger partial charge < -0.3 is 20.4 Å². The monoisotopic (exact) mass is 386 g/mol. The summed E-state index contributed by atoms with van der Waals surface area (Å²) in [4.78, 5) is 28.0. The molecule has 0 unspecified atom stereocenters. The lowest BCUT2D eigenvalue weighted by atomic mass is 10.1. The second-order valence-corrected chi connectivity index (χ2v) is 6.83. The van der Waals surface area contributed by atoms with E-state index < -0.39 is 0 Å². The Morgan fingerprint density at radius 1 is 1.04 bits per heavy atom. The van der Waals surface area contributed by atoms with Crippen molar-refractivity contribution in [3.63, 3.8) is 0 Å². The summed E-state index contributed by atoms with van der Waals surface area (Å²) in [6.45, 7) is 3.30. The smallest absolute Gasteiger partial charge is 0.317 e. The molecule has 3 rings (SSSR count). The van der Waals surface area contributed by atoms with Gasteiger partial charge in [0.25, 0.3) is 5.91 Å². The highest BCUT2D eigenvalue weighted by Crippen LogP contribution is 2.20. The van der Waals surface area contributed by atoms with Crippen molar-refractivity contribution in [2.24, 2.45) is 0 Å². The quantitative estimate of drug-likeness (QED) is 0.849. The average Bonchev–Trinajstić information content (AvgIpc) is 2.72. The summed E-state index contributed by atoms with van der Waals surface area (Å²) in [5.74, 6) is -0.122. The highest BCUT2D eigenvalue weighted by atomic mass is 35.5. The van der Waals surface area contributed by atoms with Crippen LogP contribution in [0.2, 0.25) is 5.02 Å². The van der Waals surface area contributed by atoms with Crippen LogP contribution in [0.4, 0.5) is 10.5 Å². The van der Waals surface area contributed by atoms with Crippen molar-refractivity contribution in [1.29, 1.82) is 0 Å². The van der Waals surface area contributed by atoms with Gasteiger partial charge in [-0.2, -0.15) is 0 Å². The van der Waals surface area contributed by atoms with Gasteiger partial charge in [0, 0.05) is 56.0 Å². The fourth-order valence-electron chi connectivity index (χ4n) is 3.05. The van der Waals surface area contributed by atoms with E-state index in [1.807, 2.05) is 41.3 Å². The molecule has 1 fully saturated rings. The summed E-state index contributed by atoms with van der Waals surface area (Å²) in [6, 6.07) is 14.9. The first-order valence-corrected chi connectivity index (χ1v) is 9.29. The summed E-state index contributed by atoms with van der Waals surface area (Å²) in [6.07, 6.45) is 0. The molecule has 27 heavy (non-hydrogen) atoms. The van der Waals surface area contributed by atoms with Crippen LogP contribution in [-0.4, -0.2) is 50.1 Å². The number of amides is 3. The first-order valence-electron chi connectivity index (χ1n) is 8.91. The Kier molecular flexibility index (Phi) is 6.19. The van der Waals surface area contributed by atoms with E-state index in [0.29, 0.717) is 25.2 Å². The van der Waals surface area contributed by atoms with Crippen molar-refractivity contribution in [3.05, 3.63) is 64.7 Å². The molecule has 7 heteroatoms. The van der Waals surface area contributed by atoms with E-state index in [9.17, 15) is 9.59 Å². The number of hydrogen-bond acceptors (Lipinski definition) is 3. The van der Waals surface area contributed by atoms with Crippen LogP contribution in [0.1, 0.15) is 15.9 Å². The molecule has 1 aliphatic rings. The van der Waals surface area contributed by atoms with Crippen LogP contribution < -0.4 is 15.5 Å². The summed E-state index contributed by atoms with van der Waals surface area (Å²) in [5.41, 5.74) is 2.64. The molecule has 1 saturated heterocycles. The SMILES string of the molecule is CNC(=O)c1ccc(CNC(=O)N2CCN(c3cccc(Cl)c3)CC2)cc1. The van der Waals surface area contributed by atoms with E-state index in [1.165, 1.54) is 0 Å². The third kappa shape index (κ3) is 4.92. The highest BCUT2D eigenvalue weighted by Gasteiger charge is 2.21. The molecule has 0 aromatic heterocycles. The van der Waals surface area contributed by atoms with Crippen LogP contribution >= 0.6 is 11.6 Å². The normalized spacial score (nSPS) is 14.0. The minimum Gasteiger partial charge on any atom is -0.368 e. The number of hydrogen-bond donors (Lipinski definition) is 2. The molecule has 0 aliphatic carbocycles. The first kappa shape index (κ1) is 19.0. The van der Waals surface area contributed by atoms with Gasteiger partial charge in [-0.3, -0.25) is 4.79 Å². The minimum absolute atomic E-state index is 0.0730. The van der Waals surface area contributed by atoms with Gasteiger partial charge in [0.1, 0.15) is 0 Å². The molecule has 2 aromatic carbocycles. The zero-order chi connectivity index (χ0) is 19.2. The van der Waals surface area contributed by atoms with E-state index in [1.54, 1.807) is 19.2 Å². The third-order valence-electron chi connectivity index (χ3n) is 4.63. The molecule has 3 amide bonds. The summed E-state index contributed by atoms with van der Waals surface area (Å²) >= 11 is 6.05. The molecule has 0 radical (unpaired) electrons. The first-order chi connectivity index (χ1) is 13.1. The fraction of sp³-hybridized carbons (Fsp3) is 0.300. The number of nitrogens with one attached hydrogen (secondary N) is 2. The van der Waals surface area contributed by atoms with Gasteiger partial charge in [-0.15, -0.1) is 0 Å². The number of rotatable bonds is 4. The average molecular weight is 387 g/mol. The Morgan fingerprint density at radius 3 is 2.37 bits per heavy atom. The largest absolute Gasteiger partial charge is 0.368 e. The van der Waals surface area contributed by atoms with Crippen molar-refractivity contribution in [3.8, 4) is 0 Å². The Bertz CT molecular complexity index is 802. The van der Waals surface area contributed by atoms with Crippen molar-refractivity contribution in [1.82, 2.24) is 15.5 Å². The lowest BCUT2D eigenvalue weighted by Crippen LogP contribution is -2.51. The van der Waals surface area contributed by atoms with Crippen molar-refractivity contribution in [2.75, 3.05) is 38.1 Å². The van der Waals surface area contributed by atoms with Crippen LogP contribution in [0.3, 0.4) is 0 Å². The molecular formula is C20H23ClN4O2. The van der Waals surface area contributed by atoms with Gasteiger partial charge in [-0.1, -0.05) is 29.8 Å². The zero-order valence-corrected chi connectivity index (χ0v) is 16.0. The number of piperazine rings is 1. The molecule has 0 spiro atoms. The zero-order valence-electron chi connectivity index (χ0n) is 15.2. The van der Waals surface area contributed by atoms with Crippen LogP contribution in [0.5, 0.6) is 0 Å². The van der Waals surface area contributed by atoms with Crippen molar-refractivity contribution >= 4 is 29.2 Å². The molecule has 0 saturated carbocycles. The van der Waals surface area contributed by atoms with Crippen molar-refractivity contribution in [2.45, 2.75) is 6.54 Å². The van der Waals surface area contributed by atoms with Gasteiger partial charge in [-0.25, -0.2) is 4.79 Å². The number of benzene rings is 2. The van der Waals surface area contributed by atoms with Crippen LogP contribution in [0.25, 0.3) is 0 Å². The van der Waals surface area contributed by atoms with Gasteiger partial charge in [0.05, 0.1) is 0 Å². The Hall–Kier alpha value is -2.73. The second-order valence-electron chi connectivity index (χ2n) is 6.39. The lowest BCUT2D eigenvalue weighted by Gasteiger charge is -2.36. The molecule has 1 heterocycles. The predicted molar refractivity (Wildman–Crippen MR) is 107 cm³/mol. The lowest BCUT2D eigenvalue weighted by molar-refractivity contribution is 0.0963. The Labute approximate surface area is 164 Å². The maximum Gasteiger partial charge on any atom is 0.317 e. The van der Waals surface area contributed by atoms with Gasteiger partial charge in [0.15, 0.2) is 0 Å². The topological polar surface area (TPSA) is 64.7 Å². The number of nitrogens with zero attached hydrogens (tertiary/aromatic N) is 2. The number of carbonyl (C=O) groups excluding carboxylic acids is 2. The molecule has 2 N–H and O–H groups in total. The van der Waals surface area contributed by atoms with Gasteiger partial charge in [0.2, 0.25) is 0 Å². The van der Waals surface area contributed by atoms with E-state index in [0.717, 1.165) is 29.4 Å². The van der Waals surface area contributed by atoms with E-state index in [2.05, 4.69) is 15.5 Å². The van der Waals surface area contributed by atoms with Crippen LogP contribution in [0, 0.1) is 0 Å². The molecule has 142 valence electrons. The minimum atomic E-state index is -0.122. The van der Waals surface area contributed by atoms with Gasteiger partial charge in [-0.05, 0) is 35.9 Å². The number of halogens is 1. The van der Waals surface area contributed by atoms with Gasteiger partial charge >= 0.3 is 6.03 Å². The summed E-state index contributed by atoms with van der Waals surface area (Å²) < 4.78 is 0. The Morgan fingerprint density at radius 2 is 1.74 bits per heavy atom. The van der Waals surface area contributed by atoms with Crippen molar-refractivity contribution < 1.29 is 9.59 Å². The molecule has 2 aromatic rings. The molecule has 1 aliphatic heterocycles. The fourth-order valence-corrected chi connectivity index (χ4v) is 3.23. The molecule has 0 bridgehead atoms. The maximum absolute atomic E-state index is 12.4. The molecule has 0 atom stereocenters. The second kappa shape index (κ2) is 8.77. The predicted octanol–water partition coefficient (Wildman–Crippen LogP) is 2.73. The maximum atomic E-state index is 12.4. The highest BCUT2D eigenvalue weighted by molar-refractivity contribution is 6.30. The summed E-state index contributed by atoms with van der Waals surface area (Å²) in [5, 5.41) is 6.25. The number of carbonyl (C=O) groups is 2.